The Morgan fingerprint density at radius 2 is 2.00 bits per heavy atom. The van der Waals surface area contributed by atoms with E-state index in [0.29, 0.717) is 0 Å². The van der Waals surface area contributed by atoms with Gasteiger partial charge in [0.25, 0.3) is 0 Å². The van der Waals surface area contributed by atoms with Crippen LogP contribution in [-0.4, -0.2) is 38.3 Å². The van der Waals surface area contributed by atoms with Gasteiger partial charge in [-0.1, -0.05) is 0 Å². The molecule has 0 aromatic carbocycles. The molecule has 1 atom stereocenters. The zero-order valence-electron chi connectivity index (χ0n) is 7.00. The molecule has 66 valence electrons. The SMILES string of the molecule is CC(S)OC(=O)CS.[CH3][Sn][CH3]. The van der Waals surface area contributed by atoms with Gasteiger partial charge in [0.05, 0.1) is 5.75 Å². The molecule has 2 radical (unpaired) electrons. The summed E-state index contributed by atoms with van der Waals surface area (Å²) in [5.41, 5.74) is -0.324. The van der Waals surface area contributed by atoms with Crippen molar-refractivity contribution in [1.29, 1.82) is 0 Å². The van der Waals surface area contributed by atoms with Crippen molar-refractivity contribution in [3.63, 3.8) is 0 Å². The Morgan fingerprint density at radius 3 is 2.09 bits per heavy atom. The van der Waals surface area contributed by atoms with Gasteiger partial charge in [-0.2, -0.15) is 12.6 Å². The molecule has 2 nitrogen and oxygen atoms in total. The number of rotatable bonds is 2. The van der Waals surface area contributed by atoms with E-state index in [1.54, 1.807) is 6.92 Å². The number of carbonyl (C=O) groups excluding carboxylic acids is 1. The van der Waals surface area contributed by atoms with Gasteiger partial charge >= 0.3 is 37.0 Å². The first-order valence-electron chi connectivity index (χ1n) is 3.15. The second kappa shape index (κ2) is 11.0. The Labute approximate surface area is 89.5 Å². The molecule has 0 aromatic rings. The second-order valence-corrected chi connectivity index (χ2v) is 5.64. The summed E-state index contributed by atoms with van der Waals surface area (Å²) in [5.74, 6) is -0.221. The fourth-order valence-electron chi connectivity index (χ4n) is 0.227. The van der Waals surface area contributed by atoms with Crippen molar-refractivity contribution in [2.75, 3.05) is 5.75 Å². The van der Waals surface area contributed by atoms with E-state index in [1.165, 1.54) is 0 Å². The Kier molecular flexibility index (Phi) is 14.4. The van der Waals surface area contributed by atoms with Gasteiger partial charge in [0, 0.05) is 0 Å². The summed E-state index contributed by atoms with van der Waals surface area (Å²) in [5, 5.41) is 0. The molecule has 0 saturated carbocycles. The molecular weight excluding hydrogens is 287 g/mol. The van der Waals surface area contributed by atoms with Crippen molar-refractivity contribution >= 4 is 52.4 Å². The van der Waals surface area contributed by atoms with E-state index in [2.05, 4.69) is 39.9 Å². The third-order valence-electron chi connectivity index (χ3n) is 0.431. The summed E-state index contributed by atoms with van der Waals surface area (Å²) in [4.78, 5) is 14.9. The summed E-state index contributed by atoms with van der Waals surface area (Å²) in [6, 6.07) is 0. The molecule has 0 aliphatic heterocycles. The van der Waals surface area contributed by atoms with E-state index in [-0.39, 0.29) is 38.3 Å². The summed E-state index contributed by atoms with van der Waals surface area (Å²) >= 11 is 7.73. The molecule has 0 saturated heterocycles. The quantitative estimate of drug-likeness (QED) is 0.350. The molecule has 0 bridgehead atoms. The first-order chi connectivity index (χ1) is 5.08. The number of hydrogen-bond acceptors (Lipinski definition) is 4. The maximum atomic E-state index is 10.3. The van der Waals surface area contributed by atoms with E-state index < -0.39 is 0 Å². The monoisotopic (exact) mass is 302 g/mol. The van der Waals surface area contributed by atoms with Crippen molar-refractivity contribution in [3.05, 3.63) is 0 Å². The summed E-state index contributed by atoms with van der Waals surface area (Å²) in [7, 11) is 0. The Balaban J connectivity index is 0. The van der Waals surface area contributed by atoms with Crippen molar-refractivity contribution < 1.29 is 9.53 Å². The van der Waals surface area contributed by atoms with Crippen molar-refractivity contribution in [1.82, 2.24) is 0 Å². The van der Waals surface area contributed by atoms with Gasteiger partial charge in [-0.25, -0.2) is 0 Å². The number of carbonyl (C=O) groups is 1. The van der Waals surface area contributed by atoms with Gasteiger partial charge < -0.3 is 4.74 Å². The Morgan fingerprint density at radius 1 is 1.64 bits per heavy atom. The first kappa shape index (κ1) is 14.5. The molecule has 0 aliphatic carbocycles. The van der Waals surface area contributed by atoms with Gasteiger partial charge in [-0.15, -0.1) is 12.6 Å². The average molecular weight is 301 g/mol. The molecule has 0 aromatic heterocycles. The first-order valence-corrected chi connectivity index (χ1v) is 10.0. The van der Waals surface area contributed by atoms with Gasteiger partial charge in [0.2, 0.25) is 0 Å². The van der Waals surface area contributed by atoms with E-state index >= 15 is 0 Å². The van der Waals surface area contributed by atoms with Crippen LogP contribution in [0.4, 0.5) is 0 Å². The fourth-order valence-corrected chi connectivity index (χ4v) is 0.420. The zero-order chi connectivity index (χ0) is 9.28. The van der Waals surface area contributed by atoms with Gasteiger partial charge in [0.15, 0.2) is 0 Å². The normalized spacial score (nSPS) is 11.0. The molecule has 0 spiro atoms. The number of hydrogen-bond donors (Lipinski definition) is 2. The molecule has 0 amide bonds. The molecule has 0 heterocycles. The van der Waals surface area contributed by atoms with Crippen LogP contribution in [0.15, 0.2) is 0 Å². The molecule has 1 unspecified atom stereocenters. The number of esters is 1. The third kappa shape index (κ3) is 18.2. The zero-order valence-corrected chi connectivity index (χ0v) is 11.6. The Bertz CT molecular complexity index is 98.6. The van der Waals surface area contributed by atoms with Crippen molar-refractivity contribution in [2.24, 2.45) is 0 Å². The van der Waals surface area contributed by atoms with Gasteiger partial charge in [-0.3, -0.25) is 4.79 Å². The van der Waals surface area contributed by atoms with E-state index in [0.717, 1.165) is 0 Å². The molecule has 0 rings (SSSR count). The van der Waals surface area contributed by atoms with Crippen LogP contribution in [0.3, 0.4) is 0 Å². The predicted molar refractivity (Wildman–Crippen MR) is 55.9 cm³/mol. The fraction of sp³-hybridized carbons (Fsp3) is 0.833. The van der Waals surface area contributed by atoms with Crippen LogP contribution in [0, 0.1) is 0 Å². The van der Waals surface area contributed by atoms with Crippen LogP contribution in [0.25, 0.3) is 0 Å². The summed E-state index contributed by atoms with van der Waals surface area (Å²) < 4.78 is 4.55. The summed E-state index contributed by atoms with van der Waals surface area (Å²) in [6.07, 6.45) is 0. The molecule has 0 fully saturated rings. The number of thiol groups is 2. The van der Waals surface area contributed by atoms with E-state index in [9.17, 15) is 4.79 Å². The van der Waals surface area contributed by atoms with Crippen molar-refractivity contribution in [2.45, 2.75) is 22.2 Å². The molecule has 0 N–H and O–H groups in total. The van der Waals surface area contributed by atoms with Gasteiger partial charge in [-0.05, 0) is 6.92 Å². The van der Waals surface area contributed by atoms with Crippen LogP contribution in [0.5, 0.6) is 0 Å². The van der Waals surface area contributed by atoms with Crippen LogP contribution in [-0.2, 0) is 9.53 Å². The minimum absolute atomic E-state index is 0.116. The van der Waals surface area contributed by atoms with Gasteiger partial charge in [0.1, 0.15) is 5.44 Å². The van der Waals surface area contributed by atoms with E-state index in [4.69, 9.17) is 0 Å². The van der Waals surface area contributed by atoms with Crippen molar-refractivity contribution in [3.8, 4) is 0 Å². The molecule has 11 heavy (non-hydrogen) atoms. The van der Waals surface area contributed by atoms with Crippen LogP contribution in [0.1, 0.15) is 6.92 Å². The third-order valence-corrected chi connectivity index (χ3v) is 0.795. The molecular formula is C6H14O2S2Sn. The minimum atomic E-state index is -0.337. The van der Waals surface area contributed by atoms with Crippen LogP contribution >= 0.6 is 25.3 Å². The summed E-state index contributed by atoms with van der Waals surface area (Å²) in [6.45, 7) is 1.67. The second-order valence-electron chi connectivity index (χ2n) is 1.75. The molecule has 0 aliphatic rings. The van der Waals surface area contributed by atoms with Crippen LogP contribution < -0.4 is 0 Å². The van der Waals surface area contributed by atoms with E-state index in [1.807, 2.05) is 0 Å². The topological polar surface area (TPSA) is 26.3 Å². The number of ether oxygens (including phenoxy) is 1. The molecule has 5 heteroatoms. The average Bonchev–Trinajstić information content (AvgIpc) is 1.88. The van der Waals surface area contributed by atoms with Crippen LogP contribution in [0.2, 0.25) is 9.88 Å². The predicted octanol–water partition coefficient (Wildman–Crippen LogP) is 1.52. The standard InChI is InChI=1S/C4H8O2S2.2CH3.Sn/c1-3(8)6-4(5)2-7;;;/h3,7-8H,2H2,1H3;2*1H3;. The maximum absolute atomic E-state index is 10.3. The Hall–Kier alpha value is 0.969.